The van der Waals surface area contributed by atoms with Gasteiger partial charge in [-0.3, -0.25) is 14.1 Å². The van der Waals surface area contributed by atoms with Crippen molar-refractivity contribution in [3.05, 3.63) is 60.4 Å². The highest BCUT2D eigenvalue weighted by Gasteiger charge is 2.59. The minimum Gasteiger partial charge on any atom is -0.462 e. The van der Waals surface area contributed by atoms with Crippen molar-refractivity contribution in [3.8, 4) is 5.75 Å². The highest BCUT2D eigenvalue weighted by atomic mass is 31.2. The summed E-state index contributed by atoms with van der Waals surface area (Å²) in [5, 5.41) is 2.66. The van der Waals surface area contributed by atoms with Crippen LogP contribution in [-0.4, -0.2) is 54.7 Å². The van der Waals surface area contributed by atoms with Crippen LogP contribution in [0.4, 0.5) is 0 Å². The van der Waals surface area contributed by atoms with Crippen LogP contribution >= 0.6 is 7.75 Å². The fourth-order valence-corrected chi connectivity index (χ4v) is 5.84. The highest BCUT2D eigenvalue weighted by Crippen LogP contribution is 2.47. The molecule has 2 aliphatic rings. The van der Waals surface area contributed by atoms with Gasteiger partial charge in [-0.15, -0.1) is 0 Å². The number of esters is 1. The maximum atomic E-state index is 13.9. The van der Waals surface area contributed by atoms with Gasteiger partial charge < -0.3 is 29.2 Å². The van der Waals surface area contributed by atoms with Crippen LogP contribution in [0.25, 0.3) is 0 Å². The molecule has 1 aromatic heterocycles. The Bertz CT molecular complexity index is 1230. The molecule has 2 aliphatic heterocycles. The van der Waals surface area contributed by atoms with E-state index in [-0.39, 0.29) is 18.5 Å². The summed E-state index contributed by atoms with van der Waals surface area (Å²) in [6.07, 6.45) is 0.345. The van der Waals surface area contributed by atoms with E-state index in [1.807, 2.05) is 0 Å². The molecule has 2 saturated heterocycles. The van der Waals surface area contributed by atoms with Crippen molar-refractivity contribution in [2.45, 2.75) is 77.1 Å². The molecule has 0 radical (unpaired) electrons. The second-order valence-corrected chi connectivity index (χ2v) is 11.8. The van der Waals surface area contributed by atoms with E-state index in [0.717, 1.165) is 0 Å². The molecule has 1 aromatic carbocycles. The summed E-state index contributed by atoms with van der Waals surface area (Å²) in [7, 11) is -4.12. The standard InChI is InChI=1S/C26H34N3O9P/c1-16(2)34-25(31)17(3)28-39(32,38-19-11-7-6-8-12-19)33-15-20-21-22(37-26(4,5)36-21)24(35-20)29-13-9-10-18(14-29)23(27)30/h6-14,16-17,20-22,24H,15H2,1-5H3,(H2-,27,28,30,32)/p+1/t17-,20?,21+,22+,24?,39?/m0/s1. The highest BCUT2D eigenvalue weighted by molar-refractivity contribution is 7.52. The zero-order valence-corrected chi connectivity index (χ0v) is 23.4. The summed E-state index contributed by atoms with van der Waals surface area (Å²) in [5.41, 5.74) is 5.75. The summed E-state index contributed by atoms with van der Waals surface area (Å²) in [6.45, 7) is 8.26. The van der Waals surface area contributed by atoms with E-state index >= 15 is 0 Å². The summed E-state index contributed by atoms with van der Waals surface area (Å²) < 4.78 is 50.8. The van der Waals surface area contributed by atoms with Gasteiger partial charge in [-0.05, 0) is 52.8 Å². The molecule has 39 heavy (non-hydrogen) atoms. The Morgan fingerprint density at radius 2 is 1.79 bits per heavy atom. The largest absolute Gasteiger partial charge is 0.462 e. The van der Waals surface area contributed by atoms with Crippen molar-refractivity contribution in [2.24, 2.45) is 5.73 Å². The number of carbonyl (C=O) groups is 2. The number of ether oxygens (including phenoxy) is 4. The van der Waals surface area contributed by atoms with E-state index in [9.17, 15) is 14.2 Å². The van der Waals surface area contributed by atoms with E-state index in [1.165, 1.54) is 6.92 Å². The smallest absolute Gasteiger partial charge is 0.459 e. The van der Waals surface area contributed by atoms with Gasteiger partial charge in [0.15, 0.2) is 24.3 Å². The molecular formula is C26H35N3O9P+. The Kier molecular flexibility index (Phi) is 8.75. The molecule has 3 N–H and O–H groups in total. The molecule has 0 saturated carbocycles. The Balaban J connectivity index is 1.54. The number of nitrogens with one attached hydrogen (secondary N) is 1. The number of nitrogens with zero attached hydrogens (tertiary/aromatic N) is 1. The molecule has 0 bridgehead atoms. The monoisotopic (exact) mass is 564 g/mol. The van der Waals surface area contributed by atoms with Gasteiger partial charge in [0.05, 0.1) is 12.7 Å². The van der Waals surface area contributed by atoms with Gasteiger partial charge in [0, 0.05) is 6.07 Å². The minimum atomic E-state index is -4.12. The SMILES string of the molecule is CC(C)OC(=O)[C@H](C)NP(=O)(OCC1OC([n+]2cccc(C(N)=O)c2)[C@@H]2OC(C)(C)O[C@H]12)Oc1ccccc1. The van der Waals surface area contributed by atoms with Gasteiger partial charge in [0.25, 0.3) is 12.1 Å². The van der Waals surface area contributed by atoms with Gasteiger partial charge in [-0.2, -0.15) is 9.65 Å². The number of amides is 1. The first-order chi connectivity index (χ1) is 18.4. The van der Waals surface area contributed by atoms with Crippen LogP contribution in [0.5, 0.6) is 5.75 Å². The zero-order valence-electron chi connectivity index (χ0n) is 22.5. The lowest BCUT2D eigenvalue weighted by Crippen LogP contribution is -2.46. The molecule has 3 unspecified atom stereocenters. The first-order valence-electron chi connectivity index (χ1n) is 12.6. The summed E-state index contributed by atoms with van der Waals surface area (Å²) in [6, 6.07) is 10.7. The van der Waals surface area contributed by atoms with Crippen LogP contribution in [0.15, 0.2) is 54.9 Å². The van der Waals surface area contributed by atoms with Crippen LogP contribution < -0.4 is 19.9 Å². The number of primary amides is 1. The van der Waals surface area contributed by atoms with Crippen LogP contribution in [0.1, 0.15) is 51.2 Å². The quantitative estimate of drug-likeness (QED) is 0.237. The number of para-hydroxylation sites is 1. The Labute approximate surface area is 227 Å². The lowest BCUT2D eigenvalue weighted by Gasteiger charge is -2.26. The fraction of sp³-hybridized carbons (Fsp3) is 0.500. The molecule has 2 aromatic rings. The Hall–Kier alpha value is -2.86. The first-order valence-corrected chi connectivity index (χ1v) is 14.2. The van der Waals surface area contributed by atoms with Gasteiger partial charge >= 0.3 is 13.7 Å². The molecule has 0 spiro atoms. The van der Waals surface area contributed by atoms with Crippen LogP contribution in [-0.2, 0) is 32.8 Å². The van der Waals surface area contributed by atoms with E-state index in [2.05, 4.69) is 5.09 Å². The number of fused-ring (bicyclic) bond motifs is 1. The minimum absolute atomic E-state index is 0.226. The second-order valence-electron chi connectivity index (χ2n) is 10.1. The van der Waals surface area contributed by atoms with E-state index < -0.39 is 56.0 Å². The lowest BCUT2D eigenvalue weighted by molar-refractivity contribution is -0.766. The predicted molar refractivity (Wildman–Crippen MR) is 137 cm³/mol. The molecule has 0 aliphatic carbocycles. The number of rotatable bonds is 11. The van der Waals surface area contributed by atoms with Crippen molar-refractivity contribution < 1.29 is 46.7 Å². The van der Waals surface area contributed by atoms with Crippen molar-refractivity contribution in [2.75, 3.05) is 6.61 Å². The maximum absolute atomic E-state index is 13.9. The van der Waals surface area contributed by atoms with Gasteiger partial charge in [-0.25, -0.2) is 4.57 Å². The maximum Gasteiger partial charge on any atom is 0.459 e. The Morgan fingerprint density at radius 1 is 1.10 bits per heavy atom. The first kappa shape index (κ1) is 29.1. The van der Waals surface area contributed by atoms with Crippen molar-refractivity contribution in [1.29, 1.82) is 0 Å². The average Bonchev–Trinajstić information content (AvgIpc) is 3.35. The molecule has 4 rings (SSSR count). The van der Waals surface area contributed by atoms with Crippen molar-refractivity contribution >= 4 is 19.6 Å². The summed E-state index contributed by atoms with van der Waals surface area (Å²) in [4.78, 5) is 24.2. The normalized spacial score (nSPS) is 26.0. The zero-order chi connectivity index (χ0) is 28.4. The van der Waals surface area contributed by atoms with Gasteiger partial charge in [-0.1, -0.05) is 18.2 Å². The van der Waals surface area contributed by atoms with E-state index in [0.29, 0.717) is 5.56 Å². The molecular weight excluding hydrogens is 529 g/mol. The van der Waals surface area contributed by atoms with Gasteiger partial charge in [0.2, 0.25) is 0 Å². The van der Waals surface area contributed by atoms with E-state index in [1.54, 1.807) is 87.1 Å². The van der Waals surface area contributed by atoms with Crippen LogP contribution in [0.3, 0.4) is 0 Å². The lowest BCUT2D eigenvalue weighted by atomic mass is 10.1. The predicted octanol–water partition coefficient (Wildman–Crippen LogP) is 2.62. The molecule has 212 valence electrons. The number of hydrogen-bond donors (Lipinski definition) is 2. The number of aromatic nitrogens is 1. The van der Waals surface area contributed by atoms with Gasteiger partial charge in [0.1, 0.15) is 29.6 Å². The second kappa shape index (κ2) is 11.7. The molecule has 13 heteroatoms. The van der Waals surface area contributed by atoms with E-state index in [4.69, 9.17) is 33.7 Å². The molecule has 3 heterocycles. The topological polar surface area (TPSA) is 149 Å². The van der Waals surface area contributed by atoms with Crippen LogP contribution in [0, 0.1) is 0 Å². The third kappa shape index (κ3) is 7.21. The van der Waals surface area contributed by atoms with Crippen molar-refractivity contribution in [3.63, 3.8) is 0 Å². The average molecular weight is 565 g/mol. The molecule has 12 nitrogen and oxygen atoms in total. The number of carbonyl (C=O) groups excluding carboxylic acids is 2. The van der Waals surface area contributed by atoms with Crippen molar-refractivity contribution in [1.82, 2.24) is 5.09 Å². The Morgan fingerprint density at radius 3 is 2.46 bits per heavy atom. The number of nitrogens with two attached hydrogens (primary N) is 1. The third-order valence-corrected chi connectivity index (χ3v) is 7.60. The fourth-order valence-electron chi connectivity index (χ4n) is 4.34. The number of hydrogen-bond acceptors (Lipinski definition) is 9. The third-order valence-electron chi connectivity index (χ3n) is 5.96. The molecule has 6 atom stereocenters. The summed E-state index contributed by atoms with van der Waals surface area (Å²) in [5.74, 6) is -1.84. The number of benzene rings is 1. The van der Waals surface area contributed by atoms with Crippen LogP contribution in [0.2, 0.25) is 0 Å². The molecule has 1 amide bonds. The molecule has 2 fully saturated rings. The summed E-state index contributed by atoms with van der Waals surface area (Å²) >= 11 is 0. The number of pyridine rings is 1.